The van der Waals surface area contributed by atoms with E-state index in [1.54, 1.807) is 0 Å². The summed E-state index contributed by atoms with van der Waals surface area (Å²) < 4.78 is 5.71. The first-order valence-electron chi connectivity index (χ1n) is 8.60. The van der Waals surface area contributed by atoms with Gasteiger partial charge in [-0.05, 0) is 37.5 Å². The van der Waals surface area contributed by atoms with Gasteiger partial charge in [0.05, 0.1) is 5.75 Å². The predicted octanol–water partition coefficient (Wildman–Crippen LogP) is 5.45. The van der Waals surface area contributed by atoms with E-state index in [9.17, 15) is 4.79 Å². The molecule has 1 heterocycles. The minimum absolute atomic E-state index is 0.0523. The number of benzene rings is 2. The van der Waals surface area contributed by atoms with E-state index in [-0.39, 0.29) is 11.5 Å². The second kappa shape index (κ2) is 7.87. The molecule has 0 saturated carbocycles. The van der Waals surface area contributed by atoms with Crippen LogP contribution < -0.4 is 0 Å². The minimum atomic E-state index is 0.0523. The molecule has 0 saturated heterocycles. The molecule has 0 spiro atoms. The van der Waals surface area contributed by atoms with Gasteiger partial charge in [0.25, 0.3) is 5.22 Å². The number of ketones is 1. The molecule has 3 aromatic rings. The van der Waals surface area contributed by atoms with Crippen molar-refractivity contribution in [3.63, 3.8) is 0 Å². The lowest BCUT2D eigenvalue weighted by Gasteiger charge is -2.05. The zero-order valence-electron chi connectivity index (χ0n) is 15.4. The predicted molar refractivity (Wildman–Crippen MR) is 105 cm³/mol. The molecule has 0 amide bonds. The molecule has 1 aromatic heterocycles. The molecule has 0 aliphatic rings. The van der Waals surface area contributed by atoms with Crippen molar-refractivity contribution in [3.05, 3.63) is 64.7 Å². The summed E-state index contributed by atoms with van der Waals surface area (Å²) >= 11 is 1.27. The van der Waals surface area contributed by atoms with Crippen LogP contribution in [0, 0.1) is 13.8 Å². The van der Waals surface area contributed by atoms with Crippen LogP contribution in [-0.2, 0) is 0 Å². The molecular formula is C21H22N2O2S. The van der Waals surface area contributed by atoms with Gasteiger partial charge in [0.1, 0.15) is 0 Å². The molecule has 0 atom stereocenters. The monoisotopic (exact) mass is 366 g/mol. The molecule has 0 radical (unpaired) electrons. The zero-order valence-corrected chi connectivity index (χ0v) is 16.3. The van der Waals surface area contributed by atoms with Gasteiger partial charge in [-0.1, -0.05) is 67.1 Å². The number of nitrogens with zero attached hydrogens (tertiary/aromatic N) is 2. The molecule has 0 aliphatic carbocycles. The SMILES string of the molecule is Cc1cc(C)cc(-c2nnc(SCC(=O)c3ccc(C(C)C)cc3)o2)c1. The fraction of sp³-hybridized carbons (Fsp3) is 0.286. The summed E-state index contributed by atoms with van der Waals surface area (Å²) in [5.41, 5.74) is 5.12. The van der Waals surface area contributed by atoms with Crippen molar-refractivity contribution in [2.45, 2.75) is 38.8 Å². The lowest BCUT2D eigenvalue weighted by atomic mass is 10.0. The van der Waals surface area contributed by atoms with Crippen LogP contribution in [0.1, 0.15) is 46.8 Å². The molecule has 2 aromatic carbocycles. The van der Waals surface area contributed by atoms with Gasteiger partial charge in [-0.15, -0.1) is 10.2 Å². The van der Waals surface area contributed by atoms with Crippen molar-refractivity contribution < 1.29 is 9.21 Å². The van der Waals surface area contributed by atoms with Gasteiger partial charge in [0.2, 0.25) is 5.89 Å². The summed E-state index contributed by atoms with van der Waals surface area (Å²) in [7, 11) is 0. The topological polar surface area (TPSA) is 56.0 Å². The molecule has 134 valence electrons. The highest BCUT2D eigenvalue weighted by molar-refractivity contribution is 7.99. The molecule has 3 rings (SSSR count). The number of Topliss-reactive ketones (excluding diaryl/α,β-unsaturated/α-hetero) is 1. The maximum absolute atomic E-state index is 12.4. The van der Waals surface area contributed by atoms with Crippen molar-refractivity contribution >= 4 is 17.5 Å². The summed E-state index contributed by atoms with van der Waals surface area (Å²) in [4.78, 5) is 12.4. The van der Waals surface area contributed by atoms with Crippen LogP contribution in [0.15, 0.2) is 52.1 Å². The maximum Gasteiger partial charge on any atom is 0.277 e. The highest BCUT2D eigenvalue weighted by Gasteiger charge is 2.13. The van der Waals surface area contributed by atoms with Crippen molar-refractivity contribution in [1.82, 2.24) is 10.2 Å². The third-order valence-electron chi connectivity index (χ3n) is 4.10. The van der Waals surface area contributed by atoms with E-state index >= 15 is 0 Å². The molecule has 4 nitrogen and oxygen atoms in total. The third-order valence-corrected chi connectivity index (χ3v) is 4.92. The quantitative estimate of drug-likeness (QED) is 0.429. The van der Waals surface area contributed by atoms with Crippen LogP contribution in [0.4, 0.5) is 0 Å². The number of aryl methyl sites for hydroxylation is 2. The first kappa shape index (κ1) is 18.4. The molecule has 0 N–H and O–H groups in total. The number of thioether (sulfide) groups is 1. The molecule has 26 heavy (non-hydrogen) atoms. The van der Waals surface area contributed by atoms with Gasteiger partial charge < -0.3 is 4.42 Å². The van der Waals surface area contributed by atoms with Gasteiger partial charge in [0.15, 0.2) is 5.78 Å². The Bertz CT molecular complexity index is 894. The Morgan fingerprint density at radius 2 is 1.69 bits per heavy atom. The van der Waals surface area contributed by atoms with E-state index < -0.39 is 0 Å². The first-order valence-corrected chi connectivity index (χ1v) is 9.59. The summed E-state index contributed by atoms with van der Waals surface area (Å²) in [6.07, 6.45) is 0. The average Bonchev–Trinajstić information content (AvgIpc) is 3.08. The van der Waals surface area contributed by atoms with E-state index in [2.05, 4.69) is 30.1 Å². The maximum atomic E-state index is 12.4. The fourth-order valence-electron chi connectivity index (χ4n) is 2.75. The second-order valence-corrected chi connectivity index (χ2v) is 7.66. The van der Waals surface area contributed by atoms with Crippen molar-refractivity contribution in [2.24, 2.45) is 0 Å². The standard InChI is InChI=1S/C21H22N2O2S/c1-13(2)16-5-7-17(8-6-16)19(24)12-26-21-23-22-20(25-21)18-10-14(3)9-15(4)11-18/h5-11,13H,12H2,1-4H3. The lowest BCUT2D eigenvalue weighted by Crippen LogP contribution is -2.02. The molecular weight excluding hydrogens is 344 g/mol. The van der Waals surface area contributed by atoms with Crippen LogP contribution in [0.3, 0.4) is 0 Å². The Morgan fingerprint density at radius 3 is 2.31 bits per heavy atom. The van der Waals surface area contributed by atoms with E-state index in [4.69, 9.17) is 4.42 Å². The van der Waals surface area contributed by atoms with Crippen LogP contribution in [-0.4, -0.2) is 21.7 Å². The number of carbonyl (C=O) groups is 1. The summed E-state index contributed by atoms with van der Waals surface area (Å²) in [5.74, 6) is 1.26. The van der Waals surface area contributed by atoms with E-state index in [0.717, 1.165) is 16.7 Å². The molecule has 5 heteroatoms. The van der Waals surface area contributed by atoms with E-state index in [0.29, 0.717) is 22.6 Å². The van der Waals surface area contributed by atoms with Gasteiger partial charge in [0, 0.05) is 11.1 Å². The Balaban J connectivity index is 1.65. The largest absolute Gasteiger partial charge is 0.411 e. The number of aromatic nitrogens is 2. The van der Waals surface area contributed by atoms with Gasteiger partial charge in [-0.3, -0.25) is 4.79 Å². The minimum Gasteiger partial charge on any atom is -0.411 e. The highest BCUT2D eigenvalue weighted by Crippen LogP contribution is 2.25. The Kier molecular flexibility index (Phi) is 5.57. The summed E-state index contributed by atoms with van der Waals surface area (Å²) in [5, 5.41) is 8.56. The van der Waals surface area contributed by atoms with Crippen LogP contribution in [0.5, 0.6) is 0 Å². The Morgan fingerprint density at radius 1 is 1.04 bits per heavy atom. The lowest BCUT2D eigenvalue weighted by molar-refractivity contribution is 0.102. The summed E-state index contributed by atoms with van der Waals surface area (Å²) in [6, 6.07) is 13.9. The number of hydrogen-bond acceptors (Lipinski definition) is 5. The highest BCUT2D eigenvalue weighted by atomic mass is 32.2. The van der Waals surface area contributed by atoms with Gasteiger partial charge in [-0.2, -0.15) is 0 Å². The Labute approximate surface area is 158 Å². The molecule has 0 unspecified atom stereocenters. The number of hydrogen-bond donors (Lipinski definition) is 0. The molecule has 0 aliphatic heterocycles. The average molecular weight is 366 g/mol. The summed E-state index contributed by atoms with van der Waals surface area (Å²) in [6.45, 7) is 8.34. The number of rotatable bonds is 6. The fourth-order valence-corrected chi connectivity index (χ4v) is 3.41. The van der Waals surface area contributed by atoms with Crippen LogP contribution >= 0.6 is 11.8 Å². The molecule has 0 bridgehead atoms. The second-order valence-electron chi connectivity index (χ2n) is 6.74. The van der Waals surface area contributed by atoms with Crippen molar-refractivity contribution in [2.75, 3.05) is 5.75 Å². The normalized spacial score (nSPS) is 11.1. The third kappa shape index (κ3) is 4.41. The van der Waals surface area contributed by atoms with Crippen molar-refractivity contribution in [3.8, 4) is 11.5 Å². The molecule has 0 fully saturated rings. The Hall–Kier alpha value is -2.40. The van der Waals surface area contributed by atoms with Crippen LogP contribution in [0.2, 0.25) is 0 Å². The number of carbonyl (C=O) groups excluding carboxylic acids is 1. The van der Waals surface area contributed by atoms with Crippen molar-refractivity contribution in [1.29, 1.82) is 0 Å². The first-order chi connectivity index (χ1) is 12.4. The van der Waals surface area contributed by atoms with Crippen LogP contribution in [0.25, 0.3) is 11.5 Å². The van der Waals surface area contributed by atoms with E-state index in [1.807, 2.05) is 50.2 Å². The smallest absolute Gasteiger partial charge is 0.277 e. The van der Waals surface area contributed by atoms with E-state index in [1.165, 1.54) is 17.3 Å². The zero-order chi connectivity index (χ0) is 18.7. The van der Waals surface area contributed by atoms with Gasteiger partial charge in [-0.25, -0.2) is 0 Å². The van der Waals surface area contributed by atoms with Gasteiger partial charge >= 0.3 is 0 Å².